The largest absolute Gasteiger partial charge is 0.390 e. The summed E-state index contributed by atoms with van der Waals surface area (Å²) >= 11 is 0. The maximum absolute atomic E-state index is 12.4. The third kappa shape index (κ3) is 2.45. The Morgan fingerprint density at radius 3 is 2.46 bits per heavy atom. The summed E-state index contributed by atoms with van der Waals surface area (Å²) in [6.45, 7) is 4.46. The van der Waals surface area contributed by atoms with Gasteiger partial charge in [0.1, 0.15) is 0 Å². The molecule has 0 unspecified atom stereocenters. The molecule has 4 aliphatic rings. The van der Waals surface area contributed by atoms with Gasteiger partial charge in [-0.2, -0.15) is 0 Å². The van der Waals surface area contributed by atoms with Crippen molar-refractivity contribution in [2.75, 3.05) is 7.05 Å². The Hall–Kier alpha value is -0.570. The van der Waals surface area contributed by atoms with Gasteiger partial charge in [0.05, 0.1) is 5.60 Å². The lowest BCUT2D eigenvalue weighted by atomic mass is 9.49. The quantitative estimate of drug-likeness (QED) is 0.768. The fourth-order valence-electron chi connectivity index (χ4n) is 7.69. The average molecular weight is 334 g/mol. The number of nitrogens with one attached hydrogen (secondary N) is 1. The molecule has 0 aliphatic heterocycles. The Balaban J connectivity index is 1.54. The van der Waals surface area contributed by atoms with Crippen LogP contribution in [0.25, 0.3) is 0 Å². The molecule has 0 aromatic carbocycles. The number of hydrogen-bond donors (Lipinski definition) is 2. The first-order valence-electron chi connectivity index (χ1n) is 10.3. The highest BCUT2D eigenvalue weighted by Crippen LogP contribution is 2.64. The summed E-state index contributed by atoms with van der Waals surface area (Å²) in [5.74, 6) is 4.55. The Labute approximate surface area is 147 Å². The first kappa shape index (κ1) is 16.9. The summed E-state index contributed by atoms with van der Waals surface area (Å²) in [6, 6.07) is 0. The number of hydrogen-bond acceptors (Lipinski definition) is 2. The van der Waals surface area contributed by atoms with Crippen molar-refractivity contribution in [3.05, 3.63) is 0 Å². The van der Waals surface area contributed by atoms with Crippen LogP contribution in [0.5, 0.6) is 0 Å². The molecule has 0 spiro atoms. The van der Waals surface area contributed by atoms with Crippen molar-refractivity contribution < 1.29 is 9.90 Å². The van der Waals surface area contributed by atoms with Crippen molar-refractivity contribution in [2.24, 2.45) is 40.9 Å². The molecular weight excluding hydrogens is 298 g/mol. The predicted octanol–water partition coefficient (Wildman–Crippen LogP) is 3.75. The molecule has 0 aromatic heterocycles. The average Bonchev–Trinajstić information content (AvgIpc) is 2.90. The highest BCUT2D eigenvalue weighted by molar-refractivity contribution is 5.79. The van der Waals surface area contributed by atoms with E-state index in [1.54, 1.807) is 7.05 Å². The van der Waals surface area contributed by atoms with Crippen molar-refractivity contribution in [3.63, 3.8) is 0 Å². The third-order valence-electron chi connectivity index (χ3n) is 8.80. The van der Waals surface area contributed by atoms with Gasteiger partial charge >= 0.3 is 0 Å². The van der Waals surface area contributed by atoms with Crippen molar-refractivity contribution in [3.8, 4) is 0 Å². The lowest BCUT2D eigenvalue weighted by molar-refractivity contribution is -0.133. The molecule has 8 atom stereocenters. The maximum Gasteiger partial charge on any atom is 0.223 e. The van der Waals surface area contributed by atoms with E-state index in [0.29, 0.717) is 0 Å². The molecule has 24 heavy (non-hydrogen) atoms. The second-order valence-corrected chi connectivity index (χ2v) is 9.96. The Bertz CT molecular complexity index is 516. The lowest BCUT2D eigenvalue weighted by Gasteiger charge is -2.56. The predicted molar refractivity (Wildman–Crippen MR) is 95.3 cm³/mol. The van der Waals surface area contributed by atoms with Crippen LogP contribution in [0.4, 0.5) is 0 Å². The summed E-state index contributed by atoms with van der Waals surface area (Å²) in [7, 11) is 1.80. The van der Waals surface area contributed by atoms with Gasteiger partial charge in [-0.15, -0.1) is 0 Å². The van der Waals surface area contributed by atoms with Gasteiger partial charge in [-0.05, 0) is 99.7 Å². The number of rotatable bonds is 1. The van der Waals surface area contributed by atoms with Crippen LogP contribution in [0.2, 0.25) is 0 Å². The van der Waals surface area contributed by atoms with Gasteiger partial charge in [-0.3, -0.25) is 4.79 Å². The molecule has 0 radical (unpaired) electrons. The smallest absolute Gasteiger partial charge is 0.223 e. The summed E-state index contributed by atoms with van der Waals surface area (Å²) < 4.78 is 0. The molecule has 0 bridgehead atoms. The van der Waals surface area contributed by atoms with Crippen LogP contribution in [0.15, 0.2) is 0 Å². The molecule has 136 valence electrons. The van der Waals surface area contributed by atoms with Gasteiger partial charge in [-0.25, -0.2) is 0 Å². The molecule has 3 heteroatoms. The second kappa shape index (κ2) is 5.72. The number of amides is 1. The second-order valence-electron chi connectivity index (χ2n) is 9.96. The van der Waals surface area contributed by atoms with E-state index in [1.165, 1.54) is 38.5 Å². The fourth-order valence-corrected chi connectivity index (χ4v) is 7.69. The molecule has 2 N–H and O–H groups in total. The van der Waals surface area contributed by atoms with E-state index in [9.17, 15) is 9.90 Å². The molecule has 0 saturated heterocycles. The van der Waals surface area contributed by atoms with E-state index in [4.69, 9.17) is 0 Å². The van der Waals surface area contributed by atoms with E-state index >= 15 is 0 Å². The number of fused-ring (bicyclic) bond motifs is 5. The first-order chi connectivity index (χ1) is 11.4. The number of carbonyl (C=O) groups excluding carboxylic acids is 1. The fraction of sp³-hybridized carbons (Fsp3) is 0.952. The van der Waals surface area contributed by atoms with Gasteiger partial charge in [0.15, 0.2) is 0 Å². The topological polar surface area (TPSA) is 49.3 Å². The monoisotopic (exact) mass is 333 g/mol. The number of aliphatic hydroxyl groups is 1. The molecule has 1 amide bonds. The zero-order valence-corrected chi connectivity index (χ0v) is 15.7. The van der Waals surface area contributed by atoms with Gasteiger partial charge < -0.3 is 10.4 Å². The molecule has 4 fully saturated rings. The summed E-state index contributed by atoms with van der Waals surface area (Å²) in [5.41, 5.74) is -0.191. The minimum Gasteiger partial charge on any atom is -0.390 e. The summed E-state index contributed by atoms with van der Waals surface area (Å²) in [4.78, 5) is 12.4. The molecule has 3 nitrogen and oxygen atoms in total. The van der Waals surface area contributed by atoms with Crippen LogP contribution in [-0.4, -0.2) is 23.7 Å². The van der Waals surface area contributed by atoms with E-state index in [0.717, 1.165) is 48.9 Å². The van der Waals surface area contributed by atoms with Gasteiger partial charge in [0.2, 0.25) is 5.91 Å². The summed E-state index contributed by atoms with van der Waals surface area (Å²) in [5, 5.41) is 13.4. The van der Waals surface area contributed by atoms with Crippen molar-refractivity contribution >= 4 is 5.91 Å². The van der Waals surface area contributed by atoms with Crippen LogP contribution in [0.1, 0.15) is 71.6 Å². The Kier molecular flexibility index (Phi) is 4.02. The molecule has 4 rings (SSSR count). The Morgan fingerprint density at radius 2 is 1.71 bits per heavy atom. The van der Waals surface area contributed by atoms with E-state index in [-0.39, 0.29) is 17.2 Å². The van der Waals surface area contributed by atoms with Crippen LogP contribution in [0.3, 0.4) is 0 Å². The van der Waals surface area contributed by atoms with Crippen molar-refractivity contribution in [1.29, 1.82) is 0 Å². The zero-order chi connectivity index (χ0) is 17.1. The van der Waals surface area contributed by atoms with Gasteiger partial charge in [0.25, 0.3) is 0 Å². The Morgan fingerprint density at radius 1 is 0.958 bits per heavy atom. The van der Waals surface area contributed by atoms with Crippen molar-refractivity contribution in [1.82, 2.24) is 5.32 Å². The molecule has 0 heterocycles. The van der Waals surface area contributed by atoms with Crippen molar-refractivity contribution in [2.45, 2.75) is 77.2 Å². The minimum atomic E-state index is -0.422. The SMILES string of the molecule is CNC(=O)[C@H]1CC[C@H]2[C@@H]3CC[C@@H]4C[C@](C)(O)CC[C@@H]4[C@H]3CC[C@]12C. The van der Waals surface area contributed by atoms with Crippen LogP contribution in [-0.2, 0) is 4.79 Å². The normalized spacial score (nSPS) is 53.7. The van der Waals surface area contributed by atoms with E-state index < -0.39 is 5.60 Å². The van der Waals surface area contributed by atoms with E-state index in [2.05, 4.69) is 12.2 Å². The number of carbonyl (C=O) groups is 1. The molecule has 4 aliphatic carbocycles. The maximum atomic E-state index is 12.4. The minimum absolute atomic E-state index is 0.230. The lowest BCUT2D eigenvalue weighted by Crippen LogP contribution is -2.51. The molecular formula is C21H35NO2. The standard InChI is InChI=1S/C21H35NO2/c1-20(24)10-8-14-13(12-20)4-5-16-15(14)9-11-21(2)17(16)6-7-18(21)19(23)22-3/h13-18,24H,4-12H2,1-3H3,(H,22,23)/t13-,14+,15-,16-,17+,18-,20-,21+/m1/s1. The van der Waals surface area contributed by atoms with Crippen LogP contribution < -0.4 is 5.32 Å². The van der Waals surface area contributed by atoms with E-state index in [1.807, 2.05) is 6.92 Å². The molecule has 0 aromatic rings. The molecule has 4 saturated carbocycles. The third-order valence-corrected chi connectivity index (χ3v) is 8.80. The highest BCUT2D eigenvalue weighted by atomic mass is 16.3. The van der Waals surface area contributed by atoms with Gasteiger partial charge in [-0.1, -0.05) is 6.92 Å². The highest BCUT2D eigenvalue weighted by Gasteiger charge is 2.58. The van der Waals surface area contributed by atoms with Crippen LogP contribution >= 0.6 is 0 Å². The summed E-state index contributed by atoms with van der Waals surface area (Å²) in [6.07, 6.45) is 10.8. The van der Waals surface area contributed by atoms with Gasteiger partial charge in [0, 0.05) is 13.0 Å². The van der Waals surface area contributed by atoms with Crippen LogP contribution in [0, 0.1) is 40.9 Å². The first-order valence-corrected chi connectivity index (χ1v) is 10.3. The zero-order valence-electron chi connectivity index (χ0n) is 15.7.